The Morgan fingerprint density at radius 3 is 2.60 bits per heavy atom. The van der Waals surface area contributed by atoms with Gasteiger partial charge in [-0.1, -0.05) is 31.5 Å². The van der Waals surface area contributed by atoms with E-state index in [9.17, 15) is 9.50 Å². The standard InChI is InChI=1S/C12H16ClFO/c1-8(2)12(15)6-4-9-3-5-10(13)11(14)7-9/h3,5,7-8,12,15H,4,6H2,1-2H3. The predicted octanol–water partition coefficient (Wildman–Crippen LogP) is 3.43. The Morgan fingerprint density at radius 2 is 2.07 bits per heavy atom. The van der Waals surface area contributed by atoms with Gasteiger partial charge in [0.15, 0.2) is 0 Å². The second kappa shape index (κ2) is 5.47. The summed E-state index contributed by atoms with van der Waals surface area (Å²) >= 11 is 5.57. The molecule has 0 aromatic heterocycles. The Bertz CT molecular complexity index is 325. The van der Waals surface area contributed by atoms with Gasteiger partial charge in [0.1, 0.15) is 5.82 Å². The van der Waals surface area contributed by atoms with Crippen molar-refractivity contribution in [1.29, 1.82) is 0 Å². The van der Waals surface area contributed by atoms with E-state index >= 15 is 0 Å². The van der Waals surface area contributed by atoms with E-state index in [1.807, 2.05) is 13.8 Å². The van der Waals surface area contributed by atoms with Gasteiger partial charge in [-0.2, -0.15) is 0 Å². The molecule has 1 N–H and O–H groups in total. The molecule has 15 heavy (non-hydrogen) atoms. The van der Waals surface area contributed by atoms with Gasteiger partial charge in [-0.25, -0.2) is 4.39 Å². The average Bonchev–Trinajstić information content (AvgIpc) is 2.19. The number of halogens is 2. The SMILES string of the molecule is CC(C)C(O)CCc1ccc(Cl)c(F)c1. The highest BCUT2D eigenvalue weighted by Crippen LogP contribution is 2.17. The molecule has 0 fully saturated rings. The Kier molecular flexibility index (Phi) is 4.55. The van der Waals surface area contributed by atoms with Crippen molar-refractivity contribution in [2.24, 2.45) is 5.92 Å². The molecule has 1 nitrogen and oxygen atoms in total. The van der Waals surface area contributed by atoms with E-state index in [1.54, 1.807) is 12.1 Å². The molecule has 0 aliphatic rings. The number of hydrogen-bond acceptors (Lipinski definition) is 1. The van der Waals surface area contributed by atoms with Gasteiger partial charge in [-0.3, -0.25) is 0 Å². The highest BCUT2D eigenvalue weighted by atomic mass is 35.5. The minimum Gasteiger partial charge on any atom is -0.393 e. The van der Waals surface area contributed by atoms with Crippen molar-refractivity contribution in [3.05, 3.63) is 34.6 Å². The number of benzene rings is 1. The summed E-state index contributed by atoms with van der Waals surface area (Å²) < 4.78 is 13.1. The zero-order valence-electron chi connectivity index (χ0n) is 9.00. The van der Waals surface area contributed by atoms with Crippen molar-refractivity contribution in [3.8, 4) is 0 Å². The fraction of sp³-hybridized carbons (Fsp3) is 0.500. The molecule has 0 aliphatic carbocycles. The normalized spacial score (nSPS) is 13.2. The first-order chi connectivity index (χ1) is 7.00. The van der Waals surface area contributed by atoms with Gasteiger partial charge >= 0.3 is 0 Å². The Balaban J connectivity index is 2.55. The maximum atomic E-state index is 13.1. The molecule has 0 heterocycles. The van der Waals surface area contributed by atoms with E-state index in [-0.39, 0.29) is 17.0 Å². The number of aryl methyl sites for hydroxylation is 1. The quantitative estimate of drug-likeness (QED) is 0.840. The van der Waals surface area contributed by atoms with Crippen LogP contribution in [0.3, 0.4) is 0 Å². The van der Waals surface area contributed by atoms with Crippen molar-refractivity contribution >= 4 is 11.6 Å². The van der Waals surface area contributed by atoms with Gasteiger partial charge < -0.3 is 5.11 Å². The summed E-state index contributed by atoms with van der Waals surface area (Å²) in [6.07, 6.45) is 0.996. The van der Waals surface area contributed by atoms with Crippen molar-refractivity contribution in [3.63, 3.8) is 0 Å². The van der Waals surface area contributed by atoms with Crippen molar-refractivity contribution in [2.45, 2.75) is 32.8 Å². The molecule has 0 aliphatic heterocycles. The smallest absolute Gasteiger partial charge is 0.142 e. The Labute approximate surface area is 94.9 Å². The lowest BCUT2D eigenvalue weighted by molar-refractivity contribution is 0.116. The first-order valence-corrected chi connectivity index (χ1v) is 5.50. The molecule has 1 atom stereocenters. The van der Waals surface area contributed by atoms with Gasteiger partial charge in [-0.15, -0.1) is 0 Å². The molecule has 0 saturated carbocycles. The minimum atomic E-state index is -0.395. The van der Waals surface area contributed by atoms with Gasteiger partial charge in [-0.05, 0) is 36.5 Å². The monoisotopic (exact) mass is 230 g/mol. The maximum absolute atomic E-state index is 13.1. The van der Waals surface area contributed by atoms with Crippen LogP contribution in [0.1, 0.15) is 25.8 Å². The summed E-state index contributed by atoms with van der Waals surface area (Å²) in [5.41, 5.74) is 0.872. The van der Waals surface area contributed by atoms with Gasteiger partial charge in [0, 0.05) is 0 Å². The van der Waals surface area contributed by atoms with E-state index < -0.39 is 5.82 Å². The van der Waals surface area contributed by atoms with Crippen LogP contribution in [0, 0.1) is 11.7 Å². The molecule has 0 bridgehead atoms. The van der Waals surface area contributed by atoms with E-state index in [0.29, 0.717) is 12.8 Å². The van der Waals surface area contributed by atoms with Crippen LogP contribution in [0.4, 0.5) is 4.39 Å². The third kappa shape index (κ3) is 3.80. The van der Waals surface area contributed by atoms with Crippen LogP contribution in [-0.4, -0.2) is 11.2 Å². The van der Waals surface area contributed by atoms with Crippen LogP contribution in [0.2, 0.25) is 5.02 Å². The topological polar surface area (TPSA) is 20.2 Å². The summed E-state index contributed by atoms with van der Waals surface area (Å²) in [4.78, 5) is 0. The first-order valence-electron chi connectivity index (χ1n) is 5.12. The van der Waals surface area contributed by atoms with Crippen LogP contribution >= 0.6 is 11.6 Å². The van der Waals surface area contributed by atoms with Gasteiger partial charge in [0.25, 0.3) is 0 Å². The van der Waals surface area contributed by atoms with Crippen molar-refractivity contribution in [1.82, 2.24) is 0 Å². The first kappa shape index (κ1) is 12.5. The lowest BCUT2D eigenvalue weighted by Crippen LogP contribution is -2.15. The molecule has 84 valence electrons. The maximum Gasteiger partial charge on any atom is 0.142 e. The summed E-state index contributed by atoms with van der Waals surface area (Å²) in [6.45, 7) is 3.93. The zero-order chi connectivity index (χ0) is 11.4. The molecule has 1 aromatic rings. The number of aliphatic hydroxyl groups excluding tert-OH is 1. The number of aliphatic hydroxyl groups is 1. The second-order valence-corrected chi connectivity index (χ2v) is 4.51. The average molecular weight is 231 g/mol. The van der Waals surface area contributed by atoms with E-state index in [4.69, 9.17) is 11.6 Å². The molecule has 0 saturated heterocycles. The van der Waals surface area contributed by atoms with Gasteiger partial charge in [0.05, 0.1) is 11.1 Å². The van der Waals surface area contributed by atoms with Crippen LogP contribution < -0.4 is 0 Å². The van der Waals surface area contributed by atoms with E-state index in [1.165, 1.54) is 6.07 Å². The zero-order valence-corrected chi connectivity index (χ0v) is 9.76. The molecule has 0 radical (unpaired) electrons. The summed E-state index contributed by atoms with van der Waals surface area (Å²) in [7, 11) is 0. The lowest BCUT2D eigenvalue weighted by atomic mass is 9.99. The molecule has 1 unspecified atom stereocenters. The number of rotatable bonds is 4. The number of hydrogen-bond donors (Lipinski definition) is 1. The van der Waals surface area contributed by atoms with Crippen molar-refractivity contribution < 1.29 is 9.50 Å². The fourth-order valence-electron chi connectivity index (χ4n) is 1.34. The third-order valence-electron chi connectivity index (χ3n) is 2.48. The molecule has 1 rings (SSSR count). The van der Waals surface area contributed by atoms with Crippen LogP contribution in [0.5, 0.6) is 0 Å². The lowest BCUT2D eigenvalue weighted by Gasteiger charge is -2.13. The second-order valence-electron chi connectivity index (χ2n) is 4.10. The highest BCUT2D eigenvalue weighted by molar-refractivity contribution is 6.30. The molecule has 1 aromatic carbocycles. The minimum absolute atomic E-state index is 0.142. The largest absolute Gasteiger partial charge is 0.393 e. The van der Waals surface area contributed by atoms with Crippen molar-refractivity contribution in [2.75, 3.05) is 0 Å². The van der Waals surface area contributed by atoms with Crippen LogP contribution in [-0.2, 0) is 6.42 Å². The highest BCUT2D eigenvalue weighted by Gasteiger charge is 2.09. The summed E-state index contributed by atoms with van der Waals surface area (Å²) in [5.74, 6) is -0.157. The van der Waals surface area contributed by atoms with E-state index in [0.717, 1.165) is 5.56 Å². The van der Waals surface area contributed by atoms with Crippen LogP contribution in [0.25, 0.3) is 0 Å². The predicted molar refractivity (Wildman–Crippen MR) is 60.6 cm³/mol. The van der Waals surface area contributed by atoms with Gasteiger partial charge in [0.2, 0.25) is 0 Å². The molecular weight excluding hydrogens is 215 g/mol. The van der Waals surface area contributed by atoms with Crippen LogP contribution in [0.15, 0.2) is 18.2 Å². The van der Waals surface area contributed by atoms with E-state index in [2.05, 4.69) is 0 Å². The Morgan fingerprint density at radius 1 is 1.40 bits per heavy atom. The fourth-order valence-corrected chi connectivity index (χ4v) is 1.46. The molecular formula is C12H16ClFO. The summed E-state index contributed by atoms with van der Waals surface area (Å²) in [6, 6.07) is 4.77. The summed E-state index contributed by atoms with van der Waals surface area (Å²) in [5, 5.41) is 9.73. The Hall–Kier alpha value is -0.600. The third-order valence-corrected chi connectivity index (χ3v) is 2.79. The molecule has 0 amide bonds. The molecule has 3 heteroatoms. The molecule has 0 spiro atoms.